The van der Waals surface area contributed by atoms with E-state index in [2.05, 4.69) is 16.9 Å². The van der Waals surface area contributed by atoms with Crippen LogP contribution in [-0.4, -0.2) is 40.6 Å². The van der Waals surface area contributed by atoms with Crippen LogP contribution in [0.25, 0.3) is 0 Å². The zero-order valence-electron chi connectivity index (χ0n) is 9.09. The summed E-state index contributed by atoms with van der Waals surface area (Å²) in [6.45, 7) is 5.43. The van der Waals surface area contributed by atoms with Gasteiger partial charge in [0, 0.05) is 12.7 Å². The monoisotopic (exact) mass is 207 g/mol. The van der Waals surface area contributed by atoms with Crippen LogP contribution in [0, 0.1) is 0 Å². The highest BCUT2D eigenvalue weighted by Crippen LogP contribution is 2.21. The van der Waals surface area contributed by atoms with Crippen LogP contribution in [0.2, 0.25) is 0 Å². The molecule has 0 amide bonds. The molecule has 0 N–H and O–H groups in total. The molecule has 4 heteroatoms. The summed E-state index contributed by atoms with van der Waals surface area (Å²) in [4.78, 5) is 13.2. The normalized spacial score (nSPS) is 22.9. The van der Waals surface area contributed by atoms with E-state index in [0.29, 0.717) is 11.7 Å². The third-order valence-electron chi connectivity index (χ3n) is 3.10. The summed E-state index contributed by atoms with van der Waals surface area (Å²) >= 11 is 0. The molecular weight excluding hydrogens is 190 g/mol. The van der Waals surface area contributed by atoms with Crippen molar-refractivity contribution in [3.63, 3.8) is 0 Å². The molecule has 0 radical (unpaired) electrons. The quantitative estimate of drug-likeness (QED) is 0.702. The molecule has 2 rings (SSSR count). The molecule has 15 heavy (non-hydrogen) atoms. The van der Waals surface area contributed by atoms with Gasteiger partial charge in [-0.05, 0) is 32.0 Å². The Morgan fingerprint density at radius 3 is 3.27 bits per heavy atom. The number of hydrogen-bond acceptors (Lipinski definition) is 3. The van der Waals surface area contributed by atoms with Crippen molar-refractivity contribution < 1.29 is 4.79 Å². The molecule has 0 bridgehead atoms. The van der Waals surface area contributed by atoms with E-state index < -0.39 is 0 Å². The second-order valence-corrected chi connectivity index (χ2v) is 4.01. The van der Waals surface area contributed by atoms with Crippen molar-refractivity contribution in [3.8, 4) is 0 Å². The Bertz CT molecular complexity index is 334. The summed E-state index contributed by atoms with van der Waals surface area (Å²) in [7, 11) is 0. The number of hydrogen-bond donors (Lipinski definition) is 0. The molecule has 0 aromatic carbocycles. The fourth-order valence-electron chi connectivity index (χ4n) is 2.24. The minimum absolute atomic E-state index is 0.369. The van der Waals surface area contributed by atoms with Crippen LogP contribution in [0.15, 0.2) is 12.3 Å². The molecule has 1 aromatic rings. The van der Waals surface area contributed by atoms with Gasteiger partial charge in [0.2, 0.25) is 0 Å². The Balaban J connectivity index is 2.12. The molecule has 1 fully saturated rings. The van der Waals surface area contributed by atoms with Crippen LogP contribution in [-0.2, 0) is 0 Å². The lowest BCUT2D eigenvalue weighted by Crippen LogP contribution is -2.37. The molecule has 1 unspecified atom stereocenters. The van der Waals surface area contributed by atoms with Crippen molar-refractivity contribution in [3.05, 3.63) is 18.0 Å². The zero-order valence-corrected chi connectivity index (χ0v) is 9.09. The van der Waals surface area contributed by atoms with Crippen LogP contribution < -0.4 is 0 Å². The van der Waals surface area contributed by atoms with E-state index in [1.807, 2.05) is 4.68 Å². The maximum atomic E-state index is 10.8. The van der Waals surface area contributed by atoms with Gasteiger partial charge in [0.1, 0.15) is 5.69 Å². The molecule has 82 valence electrons. The number of likely N-dealkylation sites (N-methyl/N-ethyl adjacent to an activating group) is 1. The highest BCUT2D eigenvalue weighted by Gasteiger charge is 2.21. The smallest absolute Gasteiger partial charge is 0.168 e. The van der Waals surface area contributed by atoms with Crippen molar-refractivity contribution in [2.24, 2.45) is 0 Å². The second-order valence-electron chi connectivity index (χ2n) is 4.01. The van der Waals surface area contributed by atoms with Gasteiger partial charge in [-0.1, -0.05) is 6.92 Å². The van der Waals surface area contributed by atoms with E-state index in [9.17, 15) is 4.79 Å². The fourth-order valence-corrected chi connectivity index (χ4v) is 2.24. The number of nitrogens with zero attached hydrogens (tertiary/aromatic N) is 3. The average Bonchev–Trinajstić information content (AvgIpc) is 2.77. The van der Waals surface area contributed by atoms with E-state index in [-0.39, 0.29) is 0 Å². The summed E-state index contributed by atoms with van der Waals surface area (Å²) in [5.41, 5.74) is 0.693. The predicted molar refractivity (Wildman–Crippen MR) is 58.0 cm³/mol. The van der Waals surface area contributed by atoms with Crippen molar-refractivity contribution in [2.45, 2.75) is 25.8 Å². The van der Waals surface area contributed by atoms with Gasteiger partial charge in [-0.2, -0.15) is 5.10 Å². The summed E-state index contributed by atoms with van der Waals surface area (Å²) in [6, 6.07) is 2.15. The third kappa shape index (κ3) is 2.09. The minimum Gasteiger partial charge on any atom is -0.301 e. The van der Waals surface area contributed by atoms with Crippen molar-refractivity contribution in [1.82, 2.24) is 14.7 Å². The molecule has 1 atom stereocenters. The number of carbonyl (C=O) groups is 1. The number of likely N-dealkylation sites (tertiary alicyclic amines) is 1. The predicted octanol–water partition coefficient (Wildman–Crippen LogP) is 1.35. The lowest BCUT2D eigenvalue weighted by atomic mass is 10.1. The Morgan fingerprint density at radius 1 is 1.67 bits per heavy atom. The maximum Gasteiger partial charge on any atom is 0.168 e. The maximum absolute atomic E-state index is 10.8. The third-order valence-corrected chi connectivity index (χ3v) is 3.10. The van der Waals surface area contributed by atoms with Gasteiger partial charge >= 0.3 is 0 Å². The standard InChI is InChI=1S/C11H17N3O/c1-2-13-7-3-4-10(8-13)14-11(9-15)5-6-12-14/h5-6,9-10H,2-4,7-8H2,1H3. The molecular formula is C11H17N3O. The van der Waals surface area contributed by atoms with Gasteiger partial charge in [-0.3, -0.25) is 9.48 Å². The van der Waals surface area contributed by atoms with Crippen LogP contribution >= 0.6 is 0 Å². The molecule has 0 aliphatic carbocycles. The molecule has 1 aromatic heterocycles. The highest BCUT2D eigenvalue weighted by atomic mass is 16.1. The molecule has 1 aliphatic rings. The van der Waals surface area contributed by atoms with Crippen LogP contribution in [0.5, 0.6) is 0 Å². The van der Waals surface area contributed by atoms with Gasteiger partial charge in [0.25, 0.3) is 0 Å². The Hall–Kier alpha value is -1.16. The van der Waals surface area contributed by atoms with Gasteiger partial charge in [-0.25, -0.2) is 0 Å². The SMILES string of the molecule is CCN1CCCC(n2nccc2C=O)C1. The molecule has 0 saturated carbocycles. The first-order chi connectivity index (χ1) is 7.35. The van der Waals surface area contributed by atoms with Crippen molar-refractivity contribution in [1.29, 1.82) is 0 Å². The molecule has 1 aliphatic heterocycles. The number of aldehydes is 1. The van der Waals surface area contributed by atoms with E-state index in [0.717, 1.165) is 25.8 Å². The summed E-state index contributed by atoms with van der Waals surface area (Å²) in [5.74, 6) is 0. The van der Waals surface area contributed by atoms with Crippen LogP contribution in [0.3, 0.4) is 0 Å². The fraction of sp³-hybridized carbons (Fsp3) is 0.636. The average molecular weight is 207 g/mol. The molecule has 0 spiro atoms. The van der Waals surface area contributed by atoms with E-state index >= 15 is 0 Å². The number of carbonyl (C=O) groups excluding carboxylic acids is 1. The van der Waals surface area contributed by atoms with Crippen LogP contribution in [0.4, 0.5) is 0 Å². The van der Waals surface area contributed by atoms with Crippen LogP contribution in [0.1, 0.15) is 36.3 Å². The molecule has 2 heterocycles. The van der Waals surface area contributed by atoms with Gasteiger partial charge in [-0.15, -0.1) is 0 Å². The zero-order chi connectivity index (χ0) is 10.7. The molecule has 1 saturated heterocycles. The first-order valence-electron chi connectivity index (χ1n) is 5.56. The van der Waals surface area contributed by atoms with Gasteiger partial charge in [0.15, 0.2) is 6.29 Å². The highest BCUT2D eigenvalue weighted by molar-refractivity contribution is 5.71. The number of aromatic nitrogens is 2. The number of piperidine rings is 1. The first-order valence-corrected chi connectivity index (χ1v) is 5.56. The van der Waals surface area contributed by atoms with Gasteiger partial charge in [0.05, 0.1) is 6.04 Å². The second kappa shape index (κ2) is 4.57. The number of rotatable bonds is 3. The minimum atomic E-state index is 0.369. The van der Waals surface area contributed by atoms with E-state index in [1.165, 1.54) is 13.0 Å². The van der Waals surface area contributed by atoms with Crippen molar-refractivity contribution >= 4 is 6.29 Å². The first kappa shape index (κ1) is 10.4. The van der Waals surface area contributed by atoms with Crippen molar-refractivity contribution in [2.75, 3.05) is 19.6 Å². The summed E-state index contributed by atoms with van der Waals surface area (Å²) < 4.78 is 1.87. The lowest BCUT2D eigenvalue weighted by Gasteiger charge is -2.32. The topological polar surface area (TPSA) is 38.1 Å². The van der Waals surface area contributed by atoms with Gasteiger partial charge < -0.3 is 4.90 Å². The summed E-state index contributed by atoms with van der Waals surface area (Å²) in [6.07, 6.45) is 4.90. The Labute approximate surface area is 89.9 Å². The Kier molecular flexibility index (Phi) is 3.16. The largest absolute Gasteiger partial charge is 0.301 e. The van der Waals surface area contributed by atoms with E-state index in [1.54, 1.807) is 12.3 Å². The molecule has 4 nitrogen and oxygen atoms in total. The summed E-state index contributed by atoms with van der Waals surface area (Å²) in [5, 5.41) is 4.24. The Morgan fingerprint density at radius 2 is 2.53 bits per heavy atom. The lowest BCUT2D eigenvalue weighted by molar-refractivity contribution is 0.110. The van der Waals surface area contributed by atoms with E-state index in [4.69, 9.17) is 0 Å².